The van der Waals surface area contributed by atoms with Gasteiger partial charge in [0.15, 0.2) is 0 Å². The quantitative estimate of drug-likeness (QED) is 0.693. The highest BCUT2D eigenvalue weighted by molar-refractivity contribution is 5.55. The van der Waals surface area contributed by atoms with E-state index in [2.05, 4.69) is 15.1 Å². The van der Waals surface area contributed by atoms with Crippen LogP contribution in [-0.4, -0.2) is 31.6 Å². The minimum atomic E-state index is -2.60. The standard InChI is InChI=1S/C16H17F2N5O/c1-11-4-3-5-12(8-11)15-20-14(24-21-15)10-22(2)9-13-19-6-7-23(13)16(17)18/h3-8,16H,9-10H2,1-2H3. The molecule has 24 heavy (non-hydrogen) atoms. The molecule has 0 radical (unpaired) electrons. The average molecular weight is 333 g/mol. The van der Waals surface area contributed by atoms with Gasteiger partial charge in [-0.1, -0.05) is 28.9 Å². The maximum absolute atomic E-state index is 12.8. The van der Waals surface area contributed by atoms with Gasteiger partial charge in [0, 0.05) is 18.0 Å². The van der Waals surface area contributed by atoms with Crippen LogP contribution in [0.15, 0.2) is 41.2 Å². The van der Waals surface area contributed by atoms with Crippen molar-refractivity contribution in [2.24, 2.45) is 0 Å². The first kappa shape index (κ1) is 16.3. The minimum absolute atomic E-state index is 0.250. The molecule has 0 amide bonds. The Morgan fingerprint density at radius 2 is 2.12 bits per heavy atom. The predicted molar refractivity (Wildman–Crippen MR) is 83.1 cm³/mol. The SMILES string of the molecule is Cc1cccc(-c2noc(CN(C)Cc3nccn3C(F)F)n2)c1. The van der Waals surface area contributed by atoms with E-state index in [1.165, 1.54) is 12.4 Å². The van der Waals surface area contributed by atoms with Crippen LogP contribution in [0.25, 0.3) is 11.4 Å². The Balaban J connectivity index is 1.67. The number of aromatic nitrogens is 4. The maximum atomic E-state index is 12.8. The van der Waals surface area contributed by atoms with Crippen LogP contribution in [0, 0.1) is 6.92 Å². The Labute approximate surface area is 137 Å². The summed E-state index contributed by atoms with van der Waals surface area (Å²) in [5, 5.41) is 3.97. The monoisotopic (exact) mass is 333 g/mol. The third-order valence-electron chi connectivity index (χ3n) is 3.52. The number of aryl methyl sites for hydroxylation is 1. The van der Waals surface area contributed by atoms with Gasteiger partial charge in [-0.2, -0.15) is 13.8 Å². The predicted octanol–water partition coefficient (Wildman–Crippen LogP) is 3.27. The summed E-state index contributed by atoms with van der Waals surface area (Å²) in [4.78, 5) is 10.1. The van der Waals surface area contributed by atoms with Crippen molar-refractivity contribution in [2.45, 2.75) is 26.6 Å². The van der Waals surface area contributed by atoms with Crippen LogP contribution in [0.4, 0.5) is 8.78 Å². The smallest absolute Gasteiger partial charge is 0.319 e. The molecule has 0 spiro atoms. The summed E-state index contributed by atoms with van der Waals surface area (Å²) in [5.41, 5.74) is 1.98. The van der Waals surface area contributed by atoms with Gasteiger partial charge in [0.25, 0.3) is 0 Å². The first-order valence-corrected chi connectivity index (χ1v) is 7.41. The third-order valence-corrected chi connectivity index (χ3v) is 3.52. The molecule has 0 saturated carbocycles. The van der Waals surface area contributed by atoms with Crippen LogP contribution >= 0.6 is 0 Å². The summed E-state index contributed by atoms with van der Waals surface area (Å²) in [6.07, 6.45) is 2.62. The minimum Gasteiger partial charge on any atom is -0.338 e. The molecule has 0 atom stereocenters. The molecular formula is C16H17F2N5O. The molecule has 6 nitrogen and oxygen atoms in total. The number of imidazole rings is 1. The summed E-state index contributed by atoms with van der Waals surface area (Å²) < 4.78 is 31.7. The van der Waals surface area contributed by atoms with E-state index in [1.54, 1.807) is 11.9 Å². The Morgan fingerprint density at radius 1 is 1.29 bits per heavy atom. The molecule has 0 unspecified atom stereocenters. The summed E-state index contributed by atoms with van der Waals surface area (Å²) >= 11 is 0. The fraction of sp³-hybridized carbons (Fsp3) is 0.312. The van der Waals surface area contributed by atoms with Gasteiger partial charge in [-0.25, -0.2) is 4.98 Å². The van der Waals surface area contributed by atoms with Crippen molar-refractivity contribution in [2.75, 3.05) is 7.05 Å². The Bertz CT molecular complexity index is 814. The zero-order valence-electron chi connectivity index (χ0n) is 13.4. The zero-order chi connectivity index (χ0) is 17.1. The summed E-state index contributed by atoms with van der Waals surface area (Å²) in [7, 11) is 1.78. The van der Waals surface area contributed by atoms with E-state index in [1.807, 2.05) is 31.2 Å². The molecule has 0 aliphatic carbocycles. The van der Waals surface area contributed by atoms with Crippen LogP contribution in [0.1, 0.15) is 23.8 Å². The van der Waals surface area contributed by atoms with Crippen LogP contribution in [0.2, 0.25) is 0 Å². The van der Waals surface area contributed by atoms with Crippen molar-refractivity contribution in [3.05, 3.63) is 53.9 Å². The Kier molecular flexibility index (Phi) is 4.66. The highest BCUT2D eigenvalue weighted by Gasteiger charge is 2.15. The first-order valence-electron chi connectivity index (χ1n) is 7.41. The lowest BCUT2D eigenvalue weighted by Gasteiger charge is -2.14. The van der Waals surface area contributed by atoms with E-state index in [9.17, 15) is 8.78 Å². The highest BCUT2D eigenvalue weighted by atomic mass is 19.3. The number of benzene rings is 1. The number of hydrogen-bond acceptors (Lipinski definition) is 5. The molecule has 8 heteroatoms. The van der Waals surface area contributed by atoms with E-state index in [0.29, 0.717) is 18.3 Å². The fourth-order valence-electron chi connectivity index (χ4n) is 2.39. The van der Waals surface area contributed by atoms with Gasteiger partial charge in [-0.15, -0.1) is 0 Å². The second-order valence-electron chi connectivity index (χ2n) is 5.58. The first-order chi connectivity index (χ1) is 11.5. The molecule has 3 aromatic rings. The normalized spacial score (nSPS) is 11.6. The molecule has 0 saturated heterocycles. The molecule has 2 heterocycles. The van der Waals surface area contributed by atoms with Gasteiger partial charge < -0.3 is 4.52 Å². The molecule has 0 aliphatic heterocycles. The molecule has 0 N–H and O–H groups in total. The van der Waals surface area contributed by atoms with Crippen molar-refractivity contribution < 1.29 is 13.3 Å². The average Bonchev–Trinajstić information content (AvgIpc) is 3.16. The molecule has 3 rings (SSSR count). The summed E-state index contributed by atoms with van der Waals surface area (Å²) in [6.45, 7) is -0.0233. The van der Waals surface area contributed by atoms with E-state index in [-0.39, 0.29) is 12.4 Å². The van der Waals surface area contributed by atoms with E-state index in [4.69, 9.17) is 4.52 Å². The molecule has 0 aliphatic rings. The lowest BCUT2D eigenvalue weighted by molar-refractivity contribution is 0.0642. The molecule has 0 bridgehead atoms. The maximum Gasteiger partial charge on any atom is 0.319 e. The third kappa shape index (κ3) is 3.65. The van der Waals surface area contributed by atoms with Crippen molar-refractivity contribution in [1.82, 2.24) is 24.6 Å². The molecule has 1 aromatic carbocycles. The van der Waals surface area contributed by atoms with Gasteiger partial charge in [0.05, 0.1) is 13.1 Å². The lowest BCUT2D eigenvalue weighted by Crippen LogP contribution is -2.20. The highest BCUT2D eigenvalue weighted by Crippen LogP contribution is 2.18. The molecule has 126 valence electrons. The second-order valence-corrected chi connectivity index (χ2v) is 5.58. The van der Waals surface area contributed by atoms with E-state index in [0.717, 1.165) is 15.7 Å². The fourth-order valence-corrected chi connectivity index (χ4v) is 2.39. The van der Waals surface area contributed by atoms with Crippen LogP contribution < -0.4 is 0 Å². The van der Waals surface area contributed by atoms with Crippen LogP contribution in [-0.2, 0) is 13.1 Å². The van der Waals surface area contributed by atoms with Crippen molar-refractivity contribution >= 4 is 0 Å². The van der Waals surface area contributed by atoms with E-state index < -0.39 is 6.55 Å². The number of hydrogen-bond donors (Lipinski definition) is 0. The largest absolute Gasteiger partial charge is 0.338 e. The molecule has 0 fully saturated rings. The number of alkyl halides is 2. The van der Waals surface area contributed by atoms with Crippen molar-refractivity contribution in [3.63, 3.8) is 0 Å². The van der Waals surface area contributed by atoms with Gasteiger partial charge in [-0.05, 0) is 20.0 Å². The van der Waals surface area contributed by atoms with Crippen LogP contribution in [0.5, 0.6) is 0 Å². The van der Waals surface area contributed by atoms with Gasteiger partial charge >= 0.3 is 6.55 Å². The van der Waals surface area contributed by atoms with Gasteiger partial charge in [-0.3, -0.25) is 9.47 Å². The number of rotatable bonds is 6. The topological polar surface area (TPSA) is 60.0 Å². The number of halogens is 2. The Hall–Kier alpha value is -2.61. The number of nitrogens with zero attached hydrogens (tertiary/aromatic N) is 5. The molecular weight excluding hydrogens is 316 g/mol. The zero-order valence-corrected chi connectivity index (χ0v) is 13.4. The van der Waals surface area contributed by atoms with E-state index >= 15 is 0 Å². The van der Waals surface area contributed by atoms with Crippen molar-refractivity contribution in [1.29, 1.82) is 0 Å². The second kappa shape index (κ2) is 6.88. The summed E-state index contributed by atoms with van der Waals surface area (Å²) in [6, 6.07) is 7.79. The van der Waals surface area contributed by atoms with Gasteiger partial charge in [0.1, 0.15) is 5.82 Å². The van der Waals surface area contributed by atoms with Crippen molar-refractivity contribution in [3.8, 4) is 11.4 Å². The molecule has 2 aromatic heterocycles. The lowest BCUT2D eigenvalue weighted by atomic mass is 10.1. The van der Waals surface area contributed by atoms with Crippen LogP contribution in [0.3, 0.4) is 0 Å². The summed E-state index contributed by atoms with van der Waals surface area (Å²) in [5.74, 6) is 1.21. The van der Waals surface area contributed by atoms with Gasteiger partial charge in [0.2, 0.25) is 11.7 Å². The Morgan fingerprint density at radius 3 is 2.88 bits per heavy atom.